The summed E-state index contributed by atoms with van der Waals surface area (Å²) in [5, 5.41) is 0. The Kier molecular flexibility index (Phi) is 17.3. The molecule has 2 heteroatoms. The van der Waals surface area contributed by atoms with Gasteiger partial charge in [-0.05, 0) is 13.0 Å². The van der Waals surface area contributed by atoms with Crippen LogP contribution in [0.25, 0.3) is 0 Å². The minimum Gasteiger partial charge on any atom is -0.330 e. The number of unbranched alkanes of at least 4 members (excludes halogenated alkanes) is 13. The first kappa shape index (κ1) is 18.2. The lowest BCUT2D eigenvalue weighted by Crippen LogP contribution is -1.97. The van der Waals surface area contributed by atoms with Crippen molar-refractivity contribution in [3.63, 3.8) is 0 Å². The molecule has 0 saturated carbocycles. The van der Waals surface area contributed by atoms with Gasteiger partial charge in [0.1, 0.15) is 0 Å². The van der Waals surface area contributed by atoms with E-state index in [0.29, 0.717) is 0 Å². The molecule has 0 aromatic heterocycles. The topological polar surface area (TPSA) is 26.0 Å². The summed E-state index contributed by atoms with van der Waals surface area (Å²) in [6, 6.07) is 1.51. The monoisotopic (exact) mass is 271 g/mol. The van der Waals surface area contributed by atoms with Crippen LogP contribution in [0.15, 0.2) is 0 Å². The Labute approximate surface area is 119 Å². The van der Waals surface area contributed by atoms with Gasteiger partial charge in [-0.1, -0.05) is 89.5 Å². The van der Waals surface area contributed by atoms with Crippen molar-refractivity contribution in [2.24, 2.45) is 5.73 Å². The van der Waals surface area contributed by atoms with Crippen molar-refractivity contribution >= 4 is 10.2 Å². The molecule has 0 rings (SSSR count). The Morgan fingerprint density at radius 2 is 0.722 bits per heavy atom. The van der Waals surface area contributed by atoms with Crippen LogP contribution in [0.1, 0.15) is 89.9 Å². The predicted molar refractivity (Wildman–Crippen MR) is 88.4 cm³/mol. The second kappa shape index (κ2) is 17.2. The maximum Gasteiger partial charge on any atom is 0.00279 e. The molecule has 18 heavy (non-hydrogen) atoms. The van der Waals surface area contributed by atoms with Crippen LogP contribution in [0.3, 0.4) is 0 Å². The van der Waals surface area contributed by atoms with Crippen molar-refractivity contribution in [1.29, 1.82) is 0 Å². The molecule has 0 spiro atoms. The van der Waals surface area contributed by atoms with Crippen LogP contribution in [0.4, 0.5) is 0 Å². The SMILES string of the molecule is NCCCCCCCCCCCCCCCC[SiH3]. The van der Waals surface area contributed by atoms with Gasteiger partial charge in [-0.15, -0.1) is 0 Å². The Hall–Kier alpha value is 0.177. The molecule has 2 N–H and O–H groups in total. The highest BCUT2D eigenvalue weighted by molar-refractivity contribution is 6.08. The molecule has 0 bridgehead atoms. The van der Waals surface area contributed by atoms with Gasteiger partial charge >= 0.3 is 0 Å². The third-order valence-electron chi connectivity index (χ3n) is 3.81. The molecule has 1 nitrogen and oxygen atoms in total. The average molecular weight is 272 g/mol. The van der Waals surface area contributed by atoms with Crippen molar-refractivity contribution in [3.05, 3.63) is 0 Å². The van der Waals surface area contributed by atoms with Crippen molar-refractivity contribution in [2.45, 2.75) is 95.9 Å². The average Bonchev–Trinajstić information content (AvgIpc) is 2.39. The van der Waals surface area contributed by atoms with Crippen molar-refractivity contribution in [1.82, 2.24) is 0 Å². The van der Waals surface area contributed by atoms with Gasteiger partial charge in [0.15, 0.2) is 0 Å². The van der Waals surface area contributed by atoms with Crippen molar-refractivity contribution < 1.29 is 0 Å². The smallest absolute Gasteiger partial charge is 0.00279 e. The van der Waals surface area contributed by atoms with Crippen molar-refractivity contribution in [2.75, 3.05) is 6.54 Å². The molecule has 0 unspecified atom stereocenters. The zero-order valence-electron chi connectivity index (χ0n) is 12.9. The molecule has 0 saturated heterocycles. The highest BCUT2D eigenvalue weighted by Crippen LogP contribution is 2.12. The second-order valence-electron chi connectivity index (χ2n) is 5.74. The van der Waals surface area contributed by atoms with E-state index >= 15 is 0 Å². The van der Waals surface area contributed by atoms with Crippen LogP contribution in [0.5, 0.6) is 0 Å². The number of hydrogen-bond acceptors (Lipinski definition) is 1. The van der Waals surface area contributed by atoms with Gasteiger partial charge in [0, 0.05) is 10.2 Å². The lowest BCUT2D eigenvalue weighted by atomic mass is 10.0. The zero-order chi connectivity index (χ0) is 13.3. The third kappa shape index (κ3) is 16.2. The van der Waals surface area contributed by atoms with Gasteiger partial charge in [-0.3, -0.25) is 0 Å². The molecular formula is C16H37NSi. The van der Waals surface area contributed by atoms with Crippen molar-refractivity contribution in [3.8, 4) is 0 Å². The summed E-state index contributed by atoms with van der Waals surface area (Å²) in [6.45, 7) is 0.875. The van der Waals surface area contributed by atoms with E-state index in [9.17, 15) is 0 Å². The summed E-state index contributed by atoms with van der Waals surface area (Å²) in [6.07, 6.45) is 20.2. The van der Waals surface area contributed by atoms with E-state index in [1.54, 1.807) is 0 Å². The molecule has 0 atom stereocenters. The molecule has 0 radical (unpaired) electrons. The lowest BCUT2D eigenvalue weighted by Gasteiger charge is -2.03. The molecule has 0 aromatic carbocycles. The highest BCUT2D eigenvalue weighted by atomic mass is 28.1. The van der Waals surface area contributed by atoms with Crippen LogP contribution in [-0.2, 0) is 0 Å². The quantitative estimate of drug-likeness (QED) is 0.351. The minimum atomic E-state index is 0.875. The fourth-order valence-electron chi connectivity index (χ4n) is 2.52. The fourth-order valence-corrected chi connectivity index (χ4v) is 3.02. The molecule has 0 heterocycles. The van der Waals surface area contributed by atoms with Gasteiger partial charge in [0.05, 0.1) is 0 Å². The van der Waals surface area contributed by atoms with Crippen LogP contribution >= 0.6 is 0 Å². The summed E-state index contributed by atoms with van der Waals surface area (Å²) < 4.78 is 0. The summed E-state index contributed by atoms with van der Waals surface area (Å²) in [5.74, 6) is 0. The minimum absolute atomic E-state index is 0.875. The van der Waals surface area contributed by atoms with Crippen LogP contribution in [-0.4, -0.2) is 16.8 Å². The molecule has 0 aliphatic heterocycles. The van der Waals surface area contributed by atoms with E-state index in [0.717, 1.165) is 6.54 Å². The van der Waals surface area contributed by atoms with E-state index in [2.05, 4.69) is 0 Å². The van der Waals surface area contributed by atoms with E-state index in [1.807, 2.05) is 0 Å². The Morgan fingerprint density at radius 3 is 1.00 bits per heavy atom. The lowest BCUT2D eigenvalue weighted by molar-refractivity contribution is 0.536. The zero-order valence-corrected chi connectivity index (χ0v) is 14.9. The normalized spacial score (nSPS) is 11.2. The van der Waals surface area contributed by atoms with Crippen LogP contribution in [0.2, 0.25) is 6.04 Å². The standard InChI is InChI=1S/C16H37NSi/c17-15-13-11-9-7-5-3-1-2-4-6-8-10-12-14-16-18/h1-17H2,18H3. The first-order valence-electron chi connectivity index (χ1n) is 8.62. The van der Waals surface area contributed by atoms with E-state index < -0.39 is 0 Å². The number of nitrogens with two attached hydrogens (primary N) is 1. The molecule has 0 aliphatic rings. The third-order valence-corrected chi connectivity index (χ3v) is 4.51. The van der Waals surface area contributed by atoms with Gasteiger partial charge in [-0.25, -0.2) is 0 Å². The summed E-state index contributed by atoms with van der Waals surface area (Å²) in [5.41, 5.74) is 5.48. The summed E-state index contributed by atoms with van der Waals surface area (Å²) in [7, 11) is 1.40. The maximum absolute atomic E-state index is 5.48. The van der Waals surface area contributed by atoms with E-state index in [1.165, 1.54) is 106 Å². The number of hydrogen-bond donors (Lipinski definition) is 1. The molecule has 0 fully saturated rings. The number of rotatable bonds is 15. The molecule has 0 aliphatic carbocycles. The Balaban J connectivity index is 2.86. The predicted octanol–water partition coefficient (Wildman–Crippen LogP) is 4.19. The van der Waals surface area contributed by atoms with E-state index in [-0.39, 0.29) is 0 Å². The molecule has 110 valence electrons. The van der Waals surface area contributed by atoms with Gasteiger partial charge < -0.3 is 5.73 Å². The van der Waals surface area contributed by atoms with Gasteiger partial charge in [0.2, 0.25) is 0 Å². The Morgan fingerprint density at radius 1 is 0.444 bits per heavy atom. The summed E-state index contributed by atoms with van der Waals surface area (Å²) in [4.78, 5) is 0. The van der Waals surface area contributed by atoms with Gasteiger partial charge in [-0.2, -0.15) is 0 Å². The maximum atomic E-state index is 5.48. The second-order valence-corrected chi connectivity index (χ2v) is 6.74. The van der Waals surface area contributed by atoms with Crippen LogP contribution < -0.4 is 5.73 Å². The van der Waals surface area contributed by atoms with E-state index in [4.69, 9.17) is 5.73 Å². The Bertz CT molecular complexity index is 123. The van der Waals surface area contributed by atoms with Crippen LogP contribution in [0, 0.1) is 0 Å². The first-order chi connectivity index (χ1) is 8.91. The summed E-state index contributed by atoms with van der Waals surface area (Å²) >= 11 is 0. The first-order valence-corrected chi connectivity index (χ1v) is 10.0. The van der Waals surface area contributed by atoms with Gasteiger partial charge in [0.25, 0.3) is 0 Å². The fraction of sp³-hybridized carbons (Fsp3) is 1.00. The highest BCUT2D eigenvalue weighted by Gasteiger charge is 1.93. The largest absolute Gasteiger partial charge is 0.330 e. The molecule has 0 amide bonds. The molecule has 0 aromatic rings. The molecular weight excluding hydrogens is 234 g/mol.